The van der Waals surface area contributed by atoms with Crippen molar-refractivity contribution in [1.29, 1.82) is 0 Å². The topological polar surface area (TPSA) is 96.4 Å². The molecule has 1 spiro atoms. The molecule has 1 N–H and O–H groups in total. The lowest BCUT2D eigenvalue weighted by molar-refractivity contribution is -0.161. The van der Waals surface area contributed by atoms with Crippen LogP contribution in [-0.2, 0) is 30.4 Å². The average molecular weight is 545 g/mol. The highest BCUT2D eigenvalue weighted by Crippen LogP contribution is 2.64. The molecule has 3 heterocycles. The zero-order valence-corrected chi connectivity index (χ0v) is 22.8. The maximum absolute atomic E-state index is 14.6. The van der Waals surface area contributed by atoms with Crippen LogP contribution in [0.3, 0.4) is 0 Å². The maximum Gasteiger partial charge on any atom is 0.313 e. The van der Waals surface area contributed by atoms with E-state index in [0.29, 0.717) is 24.9 Å². The molecule has 3 saturated heterocycles. The molecule has 3 fully saturated rings. The van der Waals surface area contributed by atoms with Crippen LogP contribution < -0.4 is 0 Å². The summed E-state index contributed by atoms with van der Waals surface area (Å²) in [7, 11) is 0. The minimum Gasteiger partial charge on any atom is -0.461 e. The minimum absolute atomic E-state index is 0.0128. The quantitative estimate of drug-likeness (QED) is 0.344. The van der Waals surface area contributed by atoms with Crippen molar-refractivity contribution in [3.05, 3.63) is 97.1 Å². The maximum atomic E-state index is 14.6. The predicted molar refractivity (Wildman–Crippen MR) is 149 cm³/mol. The predicted octanol–water partition coefficient (Wildman–Crippen LogP) is 3.43. The SMILES string of the molecule is C=CCOC(=O)[C@@H]1[C@H]2C(=O)N([C@H](CO)c3ccccc3)C(C(=O)N(CC=C)Cc3ccccc3)C23CC[C@@]1(C)O3. The van der Waals surface area contributed by atoms with E-state index in [0.717, 1.165) is 5.56 Å². The number of esters is 1. The molecule has 5 rings (SSSR count). The molecule has 0 aliphatic carbocycles. The first-order valence-corrected chi connectivity index (χ1v) is 13.7. The number of nitrogens with zero attached hydrogens (tertiary/aromatic N) is 2. The van der Waals surface area contributed by atoms with Gasteiger partial charge in [-0.2, -0.15) is 0 Å². The fourth-order valence-corrected chi connectivity index (χ4v) is 6.96. The molecule has 0 aromatic heterocycles. The van der Waals surface area contributed by atoms with Gasteiger partial charge in [0.25, 0.3) is 0 Å². The summed E-state index contributed by atoms with van der Waals surface area (Å²) in [6.07, 6.45) is 4.06. The highest BCUT2D eigenvalue weighted by Gasteiger charge is 2.79. The van der Waals surface area contributed by atoms with E-state index in [4.69, 9.17) is 9.47 Å². The van der Waals surface area contributed by atoms with Crippen molar-refractivity contribution in [2.24, 2.45) is 11.8 Å². The molecule has 3 aliphatic rings. The molecule has 210 valence electrons. The third-order valence-electron chi connectivity index (χ3n) is 8.62. The Labute approximate surface area is 234 Å². The number of benzene rings is 2. The number of fused-ring (bicyclic) bond motifs is 1. The van der Waals surface area contributed by atoms with Gasteiger partial charge in [0, 0.05) is 13.1 Å². The Kier molecular flexibility index (Phi) is 7.66. The lowest BCUT2D eigenvalue weighted by atomic mass is 9.66. The molecule has 40 heavy (non-hydrogen) atoms. The van der Waals surface area contributed by atoms with Crippen molar-refractivity contribution in [2.75, 3.05) is 19.8 Å². The van der Waals surface area contributed by atoms with Gasteiger partial charge >= 0.3 is 5.97 Å². The fourth-order valence-electron chi connectivity index (χ4n) is 6.96. The molecular formula is C32H36N2O6. The van der Waals surface area contributed by atoms with Gasteiger partial charge in [0.05, 0.1) is 24.2 Å². The number of ether oxygens (including phenoxy) is 2. The number of carbonyl (C=O) groups excluding carboxylic acids is 3. The van der Waals surface area contributed by atoms with Crippen molar-refractivity contribution >= 4 is 17.8 Å². The van der Waals surface area contributed by atoms with Crippen LogP contribution in [0, 0.1) is 11.8 Å². The monoisotopic (exact) mass is 544 g/mol. The van der Waals surface area contributed by atoms with Crippen LogP contribution in [0.15, 0.2) is 86.0 Å². The summed E-state index contributed by atoms with van der Waals surface area (Å²) in [6, 6.07) is 16.9. The van der Waals surface area contributed by atoms with E-state index in [1.165, 1.54) is 11.0 Å². The Morgan fingerprint density at radius 2 is 1.80 bits per heavy atom. The van der Waals surface area contributed by atoms with Crippen LogP contribution in [-0.4, -0.2) is 69.7 Å². The molecule has 0 radical (unpaired) electrons. The zero-order valence-electron chi connectivity index (χ0n) is 22.8. The second-order valence-corrected chi connectivity index (χ2v) is 11.0. The van der Waals surface area contributed by atoms with E-state index in [1.807, 2.05) is 67.6 Å². The first-order valence-electron chi connectivity index (χ1n) is 13.7. The number of aliphatic hydroxyl groups is 1. The van der Waals surface area contributed by atoms with E-state index in [9.17, 15) is 19.5 Å². The van der Waals surface area contributed by atoms with Gasteiger partial charge in [-0.25, -0.2) is 0 Å². The summed E-state index contributed by atoms with van der Waals surface area (Å²) in [5.41, 5.74) is -0.567. The van der Waals surface area contributed by atoms with Crippen molar-refractivity contribution < 1.29 is 29.0 Å². The van der Waals surface area contributed by atoms with Gasteiger partial charge in [0.15, 0.2) is 0 Å². The summed E-state index contributed by atoms with van der Waals surface area (Å²) < 4.78 is 12.1. The largest absolute Gasteiger partial charge is 0.461 e. The van der Waals surface area contributed by atoms with E-state index in [1.54, 1.807) is 11.0 Å². The molecule has 2 aromatic rings. The van der Waals surface area contributed by atoms with Crippen LogP contribution >= 0.6 is 0 Å². The molecule has 8 heteroatoms. The highest BCUT2D eigenvalue weighted by atomic mass is 16.6. The Balaban J connectivity index is 1.61. The fraction of sp³-hybridized carbons (Fsp3) is 0.406. The summed E-state index contributed by atoms with van der Waals surface area (Å²) >= 11 is 0. The summed E-state index contributed by atoms with van der Waals surface area (Å²) in [5, 5.41) is 10.6. The van der Waals surface area contributed by atoms with E-state index >= 15 is 0 Å². The van der Waals surface area contributed by atoms with Crippen LogP contribution in [0.5, 0.6) is 0 Å². The number of rotatable bonds is 11. The number of aliphatic hydroxyl groups excluding tert-OH is 1. The van der Waals surface area contributed by atoms with E-state index in [2.05, 4.69) is 13.2 Å². The standard InChI is InChI=1S/C32H36N2O6/c1-4-18-33(20-22-12-8-6-9-13-22)29(37)27-32-17-16-31(3,40-32)26(30(38)39-19-5-2)25(32)28(36)34(27)24(21-35)23-14-10-7-11-15-23/h4-15,24-27,35H,1-2,16-21H2,3H3/t24-,25+,26+,27?,31-,32?/m1/s1. The van der Waals surface area contributed by atoms with Gasteiger partial charge in [-0.05, 0) is 30.9 Å². The van der Waals surface area contributed by atoms with Crippen LogP contribution in [0.1, 0.15) is 36.9 Å². The summed E-state index contributed by atoms with van der Waals surface area (Å²) in [5.74, 6) is -3.03. The molecule has 8 nitrogen and oxygen atoms in total. The van der Waals surface area contributed by atoms with Crippen molar-refractivity contribution in [3.63, 3.8) is 0 Å². The molecule has 0 saturated carbocycles. The number of hydrogen-bond acceptors (Lipinski definition) is 6. The van der Waals surface area contributed by atoms with Gasteiger partial charge in [0.1, 0.15) is 24.2 Å². The second-order valence-electron chi connectivity index (χ2n) is 11.0. The first kappa shape index (κ1) is 27.8. The number of likely N-dealkylation sites (tertiary alicyclic amines) is 1. The van der Waals surface area contributed by atoms with Gasteiger partial charge in [-0.1, -0.05) is 79.4 Å². The van der Waals surface area contributed by atoms with Crippen molar-refractivity contribution in [3.8, 4) is 0 Å². The molecular weight excluding hydrogens is 508 g/mol. The van der Waals surface area contributed by atoms with Crippen LogP contribution in [0.2, 0.25) is 0 Å². The van der Waals surface area contributed by atoms with E-state index < -0.39 is 47.7 Å². The van der Waals surface area contributed by atoms with Gasteiger partial charge in [0.2, 0.25) is 11.8 Å². The highest BCUT2D eigenvalue weighted by molar-refractivity contribution is 5.98. The smallest absolute Gasteiger partial charge is 0.313 e. The Bertz CT molecular complexity index is 1280. The summed E-state index contributed by atoms with van der Waals surface area (Å²) in [6.45, 7) is 9.48. The second kappa shape index (κ2) is 11.0. The lowest BCUT2D eigenvalue weighted by Gasteiger charge is -2.39. The normalized spacial score (nSPS) is 29.1. The molecule has 6 atom stereocenters. The van der Waals surface area contributed by atoms with Gasteiger partial charge in [-0.15, -0.1) is 6.58 Å². The molecule has 2 amide bonds. The third-order valence-corrected chi connectivity index (χ3v) is 8.62. The molecule has 2 bridgehead atoms. The van der Waals surface area contributed by atoms with Crippen LogP contribution in [0.25, 0.3) is 0 Å². The van der Waals surface area contributed by atoms with E-state index in [-0.39, 0.29) is 25.0 Å². The zero-order chi connectivity index (χ0) is 28.5. The van der Waals surface area contributed by atoms with Crippen molar-refractivity contribution in [2.45, 2.75) is 49.6 Å². The van der Waals surface area contributed by atoms with Gasteiger partial charge in [-0.3, -0.25) is 14.4 Å². The number of carbonyl (C=O) groups is 3. The lowest BCUT2D eigenvalue weighted by Crippen LogP contribution is -2.57. The number of amides is 2. The molecule has 3 aliphatic heterocycles. The third kappa shape index (κ3) is 4.45. The number of hydrogen-bond donors (Lipinski definition) is 1. The first-order chi connectivity index (χ1) is 19.3. The minimum atomic E-state index is -1.24. The van der Waals surface area contributed by atoms with Crippen LogP contribution in [0.4, 0.5) is 0 Å². The molecule has 2 unspecified atom stereocenters. The Morgan fingerprint density at radius 1 is 1.12 bits per heavy atom. The average Bonchev–Trinajstić information content (AvgIpc) is 3.54. The van der Waals surface area contributed by atoms with Crippen molar-refractivity contribution in [1.82, 2.24) is 9.80 Å². The Hall–Kier alpha value is -3.75. The van der Waals surface area contributed by atoms with Gasteiger partial charge < -0.3 is 24.4 Å². The molecule has 2 aromatic carbocycles. The summed E-state index contributed by atoms with van der Waals surface area (Å²) in [4.78, 5) is 45.6. The Morgan fingerprint density at radius 3 is 2.42 bits per heavy atom.